The summed E-state index contributed by atoms with van der Waals surface area (Å²) in [4.78, 5) is 27.1. The number of unbranched alkanes of at least 4 members (excludes halogenated alkanes) is 1. The van der Waals surface area contributed by atoms with E-state index in [9.17, 15) is 4.79 Å². The normalized spacial score (nSPS) is 11.4. The Morgan fingerprint density at radius 1 is 1.11 bits per heavy atom. The van der Waals surface area contributed by atoms with Gasteiger partial charge in [0.15, 0.2) is 5.82 Å². The first-order valence-corrected chi connectivity index (χ1v) is 12.1. The number of hydrogen-bond donors (Lipinski definition) is 2. The van der Waals surface area contributed by atoms with Crippen LogP contribution in [0.4, 0.5) is 10.6 Å². The van der Waals surface area contributed by atoms with Gasteiger partial charge in [-0.2, -0.15) is 0 Å². The van der Waals surface area contributed by atoms with E-state index in [4.69, 9.17) is 21.2 Å². The number of fused-ring (bicyclic) bond motifs is 3. The third kappa shape index (κ3) is 5.35. The number of urea groups is 1. The number of pyridine rings is 2. The summed E-state index contributed by atoms with van der Waals surface area (Å²) in [5.74, 6) is 1.22. The molecular weight excluding hydrogens is 442 g/mol. The molecule has 0 saturated heterocycles. The average molecular weight is 476 g/mol. The van der Waals surface area contributed by atoms with Crippen molar-refractivity contribution in [3.63, 3.8) is 0 Å². The van der Waals surface area contributed by atoms with Crippen molar-refractivity contribution in [3.8, 4) is 11.1 Å². The van der Waals surface area contributed by atoms with Crippen molar-refractivity contribution in [2.24, 2.45) is 5.73 Å². The third-order valence-electron chi connectivity index (χ3n) is 6.08. The van der Waals surface area contributed by atoms with Crippen molar-refractivity contribution >= 4 is 33.8 Å². The quantitative estimate of drug-likeness (QED) is 0.311. The van der Waals surface area contributed by atoms with Crippen LogP contribution in [0.5, 0.6) is 0 Å². The minimum Gasteiger partial charge on any atom is -0.382 e. The maximum Gasteiger partial charge on any atom is 0.314 e. The van der Waals surface area contributed by atoms with Crippen LogP contribution in [0.25, 0.3) is 33.1 Å². The summed E-state index contributed by atoms with van der Waals surface area (Å²) < 4.78 is 7.89. The van der Waals surface area contributed by atoms with Crippen LogP contribution in [0.2, 0.25) is 0 Å². The molecular formula is C26H33N7O2. The Kier molecular flexibility index (Phi) is 7.77. The molecule has 0 aliphatic carbocycles. The number of carbonyl (C=O) groups excluding carboxylic acids is 1. The van der Waals surface area contributed by atoms with E-state index in [1.54, 1.807) is 11.1 Å². The number of benzene rings is 1. The van der Waals surface area contributed by atoms with Gasteiger partial charge >= 0.3 is 6.03 Å². The van der Waals surface area contributed by atoms with Crippen molar-refractivity contribution in [2.75, 3.05) is 25.4 Å². The van der Waals surface area contributed by atoms with Crippen molar-refractivity contribution in [3.05, 3.63) is 48.5 Å². The van der Waals surface area contributed by atoms with E-state index in [-0.39, 0.29) is 6.03 Å². The van der Waals surface area contributed by atoms with Gasteiger partial charge in [0.2, 0.25) is 0 Å². The van der Waals surface area contributed by atoms with Crippen molar-refractivity contribution < 1.29 is 9.53 Å². The lowest BCUT2D eigenvalue weighted by molar-refractivity contribution is 0.126. The van der Waals surface area contributed by atoms with E-state index >= 15 is 0 Å². The number of amides is 2. The number of carbonyl (C=O) groups is 1. The molecule has 0 saturated carbocycles. The van der Waals surface area contributed by atoms with Gasteiger partial charge in [-0.25, -0.2) is 14.8 Å². The number of nitrogens with zero attached hydrogens (tertiary/aromatic N) is 5. The lowest BCUT2D eigenvalue weighted by atomic mass is 10.0. The molecule has 0 aliphatic rings. The highest BCUT2D eigenvalue weighted by molar-refractivity contribution is 6.07. The summed E-state index contributed by atoms with van der Waals surface area (Å²) >= 11 is 0. The molecule has 0 bridgehead atoms. The molecule has 0 fully saturated rings. The van der Waals surface area contributed by atoms with E-state index < -0.39 is 0 Å². The predicted octanol–water partition coefficient (Wildman–Crippen LogP) is 4.34. The van der Waals surface area contributed by atoms with Crippen LogP contribution in [0, 0.1) is 0 Å². The van der Waals surface area contributed by atoms with Gasteiger partial charge in [-0.05, 0) is 43.9 Å². The van der Waals surface area contributed by atoms with Gasteiger partial charge in [-0.3, -0.25) is 4.98 Å². The Balaban J connectivity index is 1.70. The van der Waals surface area contributed by atoms with Gasteiger partial charge in [0.05, 0.1) is 11.0 Å². The van der Waals surface area contributed by atoms with Gasteiger partial charge < -0.3 is 25.7 Å². The number of nitrogens with two attached hydrogens (primary N) is 2. The second kappa shape index (κ2) is 11.1. The van der Waals surface area contributed by atoms with E-state index in [2.05, 4.69) is 26.7 Å². The first kappa shape index (κ1) is 24.4. The predicted molar refractivity (Wildman–Crippen MR) is 139 cm³/mol. The summed E-state index contributed by atoms with van der Waals surface area (Å²) in [5.41, 5.74) is 16.4. The highest BCUT2D eigenvalue weighted by Crippen LogP contribution is 2.32. The molecule has 3 aromatic heterocycles. The zero-order valence-corrected chi connectivity index (χ0v) is 20.4. The van der Waals surface area contributed by atoms with Crippen molar-refractivity contribution in [1.82, 2.24) is 24.4 Å². The van der Waals surface area contributed by atoms with Crippen molar-refractivity contribution in [1.29, 1.82) is 0 Å². The smallest absolute Gasteiger partial charge is 0.314 e. The van der Waals surface area contributed by atoms with Crippen LogP contribution in [-0.4, -0.2) is 50.1 Å². The van der Waals surface area contributed by atoms with E-state index in [1.165, 1.54) is 0 Å². The Morgan fingerprint density at radius 3 is 2.69 bits per heavy atom. The van der Waals surface area contributed by atoms with Gasteiger partial charge in [-0.15, -0.1) is 0 Å². The largest absolute Gasteiger partial charge is 0.382 e. The van der Waals surface area contributed by atoms with Gasteiger partial charge in [0.1, 0.15) is 17.9 Å². The first-order chi connectivity index (χ1) is 17.0. The van der Waals surface area contributed by atoms with E-state index in [0.717, 1.165) is 59.2 Å². The number of ether oxygens (including phenoxy) is 1. The molecule has 184 valence electrons. The van der Waals surface area contributed by atoms with Gasteiger partial charge in [-0.1, -0.05) is 25.1 Å². The van der Waals surface area contributed by atoms with Crippen LogP contribution in [0.3, 0.4) is 0 Å². The second-order valence-corrected chi connectivity index (χ2v) is 8.52. The molecule has 0 unspecified atom stereocenters. The zero-order chi connectivity index (χ0) is 24.8. The Bertz CT molecular complexity index is 1300. The van der Waals surface area contributed by atoms with Gasteiger partial charge in [0.25, 0.3) is 0 Å². The number of anilines is 1. The van der Waals surface area contributed by atoms with Crippen LogP contribution in [0.1, 0.15) is 38.9 Å². The monoisotopic (exact) mass is 475 g/mol. The van der Waals surface area contributed by atoms with Gasteiger partial charge in [0, 0.05) is 49.6 Å². The van der Waals surface area contributed by atoms with Crippen LogP contribution in [-0.2, 0) is 17.9 Å². The Labute approximate surface area is 205 Å². The lowest BCUT2D eigenvalue weighted by Gasteiger charge is -2.19. The molecule has 0 radical (unpaired) electrons. The number of primary amides is 1. The first-order valence-electron chi connectivity index (χ1n) is 12.1. The molecule has 35 heavy (non-hydrogen) atoms. The highest BCUT2D eigenvalue weighted by atomic mass is 16.5. The minimum absolute atomic E-state index is 0.369. The molecule has 1 aromatic carbocycles. The molecule has 0 atom stereocenters. The molecule has 9 heteroatoms. The molecule has 3 heterocycles. The summed E-state index contributed by atoms with van der Waals surface area (Å²) in [5, 5.41) is 0.988. The maximum absolute atomic E-state index is 11.7. The number of rotatable bonds is 11. The highest BCUT2D eigenvalue weighted by Gasteiger charge is 2.18. The summed E-state index contributed by atoms with van der Waals surface area (Å²) in [7, 11) is 0. The summed E-state index contributed by atoms with van der Waals surface area (Å²) in [6, 6.07) is 9.76. The third-order valence-corrected chi connectivity index (χ3v) is 6.08. The molecule has 0 aliphatic heterocycles. The van der Waals surface area contributed by atoms with Crippen molar-refractivity contribution in [2.45, 2.75) is 46.3 Å². The fraction of sp³-hybridized carbons (Fsp3) is 0.385. The molecule has 4 N–H and O–H groups in total. The number of aryl methyl sites for hydroxylation is 1. The maximum atomic E-state index is 11.7. The number of hydrogen-bond acceptors (Lipinski definition) is 6. The van der Waals surface area contributed by atoms with Crippen LogP contribution >= 0.6 is 0 Å². The summed E-state index contributed by atoms with van der Waals surface area (Å²) in [6.07, 6.45) is 6.16. The fourth-order valence-electron chi connectivity index (χ4n) is 4.39. The lowest BCUT2D eigenvalue weighted by Crippen LogP contribution is -2.37. The van der Waals surface area contributed by atoms with Crippen LogP contribution in [0.15, 0.2) is 42.7 Å². The van der Waals surface area contributed by atoms with Crippen LogP contribution < -0.4 is 11.5 Å². The van der Waals surface area contributed by atoms with E-state index in [1.807, 2.05) is 38.2 Å². The standard InChI is InChI=1S/C26H33N7O2/c1-3-12-32(26(28)34)13-5-6-14-33-22(17-35-4-2)31-23-24(33)20-10-9-18(15-21(20)30-25(23)27)19-8-7-11-29-16-19/h7-11,15-16H,3-6,12-14,17H2,1-2H3,(H2,27,30)(H2,28,34). The molecule has 4 aromatic rings. The topological polar surface area (TPSA) is 125 Å². The molecule has 0 spiro atoms. The number of nitrogen functional groups attached to an aromatic ring is 1. The number of aromatic nitrogens is 4. The molecule has 4 rings (SSSR count). The Hall–Kier alpha value is -3.72. The minimum atomic E-state index is -0.369. The molecule has 2 amide bonds. The average Bonchev–Trinajstić information content (AvgIpc) is 3.23. The van der Waals surface area contributed by atoms with E-state index in [0.29, 0.717) is 37.6 Å². The fourth-order valence-corrected chi connectivity index (χ4v) is 4.39. The second-order valence-electron chi connectivity index (χ2n) is 8.52. The zero-order valence-electron chi connectivity index (χ0n) is 20.4. The Morgan fingerprint density at radius 2 is 1.97 bits per heavy atom. The SMILES string of the molecule is CCCN(CCCCn1c(COCC)nc2c(N)nc3cc(-c4cccnc4)ccc3c21)C(N)=O. The number of imidazole rings is 1. The molecule has 9 nitrogen and oxygen atoms in total. The summed E-state index contributed by atoms with van der Waals surface area (Å²) in [6.45, 7) is 7.02.